The molecule has 1 amide bonds. The molecule has 132 valence electrons. The zero-order valence-electron chi connectivity index (χ0n) is 14.1. The number of terminal acetylenes is 1. The molecule has 2 aromatic carbocycles. The predicted molar refractivity (Wildman–Crippen MR) is 98.4 cm³/mol. The van der Waals surface area contributed by atoms with Crippen LogP contribution in [0.2, 0.25) is 0 Å². The molecule has 6 heteroatoms. The van der Waals surface area contributed by atoms with Gasteiger partial charge in [0.05, 0.1) is 18.4 Å². The number of aromatic carboxylic acids is 1. The molecule has 0 saturated heterocycles. The molecule has 0 heterocycles. The van der Waals surface area contributed by atoms with Crippen LogP contribution in [-0.2, 0) is 4.79 Å². The third kappa shape index (κ3) is 4.89. The van der Waals surface area contributed by atoms with Crippen LogP contribution >= 0.6 is 0 Å². The van der Waals surface area contributed by atoms with E-state index in [1.54, 1.807) is 36.4 Å². The van der Waals surface area contributed by atoms with Crippen LogP contribution in [-0.4, -0.2) is 30.7 Å². The number of benzene rings is 2. The molecule has 0 atom stereocenters. The Labute approximate surface area is 151 Å². The molecule has 0 radical (unpaired) electrons. The highest BCUT2D eigenvalue weighted by Gasteiger charge is 2.10. The van der Waals surface area contributed by atoms with Crippen molar-refractivity contribution in [2.75, 3.05) is 19.0 Å². The molecule has 0 fully saturated rings. The quantitative estimate of drug-likeness (QED) is 0.592. The molecule has 0 unspecified atom stereocenters. The lowest BCUT2D eigenvalue weighted by molar-refractivity contribution is -0.111. The molecule has 0 aliphatic carbocycles. The third-order valence-electron chi connectivity index (χ3n) is 3.34. The number of carbonyl (C=O) groups excluding carboxylic acids is 1. The number of anilines is 1. The van der Waals surface area contributed by atoms with Crippen molar-refractivity contribution in [3.63, 3.8) is 0 Å². The second-order valence-electron chi connectivity index (χ2n) is 5.08. The summed E-state index contributed by atoms with van der Waals surface area (Å²) >= 11 is 0. The Hall–Kier alpha value is -3.72. The molecule has 0 aliphatic rings. The number of methoxy groups -OCH3 is 1. The molecule has 2 aromatic rings. The topological polar surface area (TPSA) is 84.9 Å². The van der Waals surface area contributed by atoms with Gasteiger partial charge in [-0.1, -0.05) is 24.1 Å². The number of hydrogen-bond donors (Lipinski definition) is 2. The summed E-state index contributed by atoms with van der Waals surface area (Å²) in [6.07, 6.45) is 8.05. The van der Waals surface area contributed by atoms with Crippen LogP contribution in [0, 0.1) is 12.3 Å². The first kappa shape index (κ1) is 18.6. The fourth-order valence-electron chi connectivity index (χ4n) is 2.15. The van der Waals surface area contributed by atoms with Crippen molar-refractivity contribution in [3.8, 4) is 23.8 Å². The highest BCUT2D eigenvalue weighted by Crippen LogP contribution is 2.28. The van der Waals surface area contributed by atoms with Gasteiger partial charge >= 0.3 is 5.97 Å². The summed E-state index contributed by atoms with van der Waals surface area (Å²) in [6.45, 7) is 0.0932. The van der Waals surface area contributed by atoms with Gasteiger partial charge in [0.2, 0.25) is 5.91 Å². The Bertz CT molecular complexity index is 880. The van der Waals surface area contributed by atoms with Crippen molar-refractivity contribution in [1.82, 2.24) is 0 Å². The van der Waals surface area contributed by atoms with Gasteiger partial charge in [0.25, 0.3) is 0 Å². The minimum absolute atomic E-state index is 0.0173. The van der Waals surface area contributed by atoms with Crippen LogP contribution in [0.1, 0.15) is 15.9 Å². The molecule has 0 aliphatic heterocycles. The molecule has 0 saturated carbocycles. The van der Waals surface area contributed by atoms with Gasteiger partial charge in [-0.15, -0.1) is 6.42 Å². The van der Waals surface area contributed by atoms with Crippen molar-refractivity contribution in [3.05, 3.63) is 59.7 Å². The maximum Gasteiger partial charge on any atom is 0.337 e. The Morgan fingerprint density at radius 1 is 1.23 bits per heavy atom. The fraction of sp³-hybridized carbons (Fsp3) is 0.100. The lowest BCUT2D eigenvalue weighted by Crippen LogP contribution is -2.11. The zero-order valence-corrected chi connectivity index (χ0v) is 14.1. The van der Waals surface area contributed by atoms with E-state index in [4.69, 9.17) is 21.0 Å². The second-order valence-corrected chi connectivity index (χ2v) is 5.08. The largest absolute Gasteiger partial charge is 0.493 e. The van der Waals surface area contributed by atoms with Crippen LogP contribution < -0.4 is 14.8 Å². The van der Waals surface area contributed by atoms with E-state index in [1.165, 1.54) is 25.3 Å². The molecular weight excluding hydrogens is 334 g/mol. The van der Waals surface area contributed by atoms with Gasteiger partial charge in [0.15, 0.2) is 11.5 Å². The number of carboxylic acid groups (broad SMARTS) is 1. The molecule has 0 aromatic heterocycles. The monoisotopic (exact) mass is 351 g/mol. The highest BCUT2D eigenvalue weighted by atomic mass is 16.5. The van der Waals surface area contributed by atoms with Crippen molar-refractivity contribution >= 4 is 23.6 Å². The van der Waals surface area contributed by atoms with E-state index in [1.807, 2.05) is 0 Å². The van der Waals surface area contributed by atoms with Gasteiger partial charge in [-0.3, -0.25) is 4.79 Å². The van der Waals surface area contributed by atoms with Gasteiger partial charge in [0, 0.05) is 6.08 Å². The van der Waals surface area contributed by atoms with Gasteiger partial charge in [-0.2, -0.15) is 0 Å². The summed E-state index contributed by atoms with van der Waals surface area (Å²) < 4.78 is 10.6. The first-order valence-corrected chi connectivity index (χ1v) is 7.61. The number of amides is 1. The predicted octanol–water partition coefficient (Wildman–Crippen LogP) is 3.06. The van der Waals surface area contributed by atoms with Crippen molar-refractivity contribution < 1.29 is 24.2 Å². The summed E-state index contributed by atoms with van der Waals surface area (Å²) in [4.78, 5) is 23.2. The molecule has 26 heavy (non-hydrogen) atoms. The molecule has 0 spiro atoms. The van der Waals surface area contributed by atoms with E-state index in [9.17, 15) is 9.59 Å². The standard InChI is InChI=1S/C20H17NO5/c1-3-12-26-18-13-14(8-10-17(18)25-2)9-11-19(22)21-16-7-5-4-6-15(16)20(23)24/h1,4-11,13H,12H2,2H3,(H,21,22)(H,23,24)/b11-9+. The summed E-state index contributed by atoms with van der Waals surface area (Å²) in [5.41, 5.74) is 0.936. The smallest absolute Gasteiger partial charge is 0.337 e. The van der Waals surface area contributed by atoms with Gasteiger partial charge in [-0.25, -0.2) is 4.79 Å². The van der Waals surface area contributed by atoms with Crippen molar-refractivity contribution in [2.45, 2.75) is 0 Å². The summed E-state index contributed by atoms with van der Waals surface area (Å²) in [5, 5.41) is 11.7. The molecule has 2 N–H and O–H groups in total. The van der Waals surface area contributed by atoms with Crippen LogP contribution in [0.4, 0.5) is 5.69 Å². The average molecular weight is 351 g/mol. The molecule has 6 nitrogen and oxygen atoms in total. The Morgan fingerprint density at radius 3 is 2.69 bits per heavy atom. The Kier molecular flexibility index (Phi) is 6.40. The van der Waals surface area contributed by atoms with Crippen LogP contribution in [0.5, 0.6) is 11.5 Å². The summed E-state index contributed by atoms with van der Waals surface area (Å²) in [6, 6.07) is 11.3. The van der Waals surface area contributed by atoms with E-state index >= 15 is 0 Å². The Morgan fingerprint density at radius 2 is 2.00 bits per heavy atom. The molecule has 2 rings (SSSR count). The maximum atomic E-state index is 12.1. The first-order chi connectivity index (χ1) is 12.5. The minimum atomic E-state index is -1.12. The number of para-hydroxylation sites is 1. The average Bonchev–Trinajstić information content (AvgIpc) is 2.65. The number of carbonyl (C=O) groups is 2. The normalized spacial score (nSPS) is 10.2. The molecular formula is C20H17NO5. The number of ether oxygens (including phenoxy) is 2. The Balaban J connectivity index is 2.13. The van der Waals surface area contributed by atoms with Crippen LogP contribution in [0.15, 0.2) is 48.5 Å². The number of hydrogen-bond acceptors (Lipinski definition) is 4. The fourth-order valence-corrected chi connectivity index (χ4v) is 2.15. The van der Waals surface area contributed by atoms with Gasteiger partial charge in [-0.05, 0) is 35.9 Å². The van der Waals surface area contributed by atoms with E-state index in [-0.39, 0.29) is 17.9 Å². The molecule has 0 bridgehead atoms. The lowest BCUT2D eigenvalue weighted by Gasteiger charge is -2.09. The van der Waals surface area contributed by atoms with E-state index < -0.39 is 11.9 Å². The van der Waals surface area contributed by atoms with Gasteiger partial charge < -0.3 is 19.9 Å². The third-order valence-corrected chi connectivity index (χ3v) is 3.34. The van der Waals surface area contributed by atoms with E-state index in [0.29, 0.717) is 17.1 Å². The first-order valence-electron chi connectivity index (χ1n) is 7.61. The number of rotatable bonds is 7. The van der Waals surface area contributed by atoms with Crippen molar-refractivity contribution in [1.29, 1.82) is 0 Å². The number of nitrogens with one attached hydrogen (secondary N) is 1. The number of carboxylic acids is 1. The highest BCUT2D eigenvalue weighted by molar-refractivity contribution is 6.06. The zero-order chi connectivity index (χ0) is 18.9. The van der Waals surface area contributed by atoms with E-state index in [0.717, 1.165) is 0 Å². The van der Waals surface area contributed by atoms with Gasteiger partial charge in [0.1, 0.15) is 6.61 Å². The van der Waals surface area contributed by atoms with Crippen molar-refractivity contribution in [2.24, 2.45) is 0 Å². The minimum Gasteiger partial charge on any atom is -0.493 e. The summed E-state index contributed by atoms with van der Waals surface area (Å²) in [5.74, 6) is 1.79. The lowest BCUT2D eigenvalue weighted by atomic mass is 10.1. The van der Waals surface area contributed by atoms with Crippen LogP contribution in [0.3, 0.4) is 0 Å². The maximum absolute atomic E-state index is 12.1. The SMILES string of the molecule is C#CCOc1cc(/C=C/C(=O)Nc2ccccc2C(=O)O)ccc1OC. The second kappa shape index (κ2) is 8.94. The van der Waals surface area contributed by atoms with E-state index in [2.05, 4.69) is 11.2 Å². The van der Waals surface area contributed by atoms with Crippen LogP contribution in [0.25, 0.3) is 6.08 Å². The summed E-state index contributed by atoms with van der Waals surface area (Å²) in [7, 11) is 1.51.